The van der Waals surface area contributed by atoms with Gasteiger partial charge in [0.2, 0.25) is 15.4 Å². The Morgan fingerprint density at radius 3 is 1.82 bits per heavy atom. The molecule has 0 spiro atoms. The van der Waals surface area contributed by atoms with Crippen LogP contribution in [0.2, 0.25) is 0 Å². The van der Waals surface area contributed by atoms with Crippen LogP contribution in [-0.2, 0) is 19.6 Å². The molecule has 1 fully saturated rings. The van der Waals surface area contributed by atoms with E-state index in [0.717, 1.165) is 89.5 Å². The van der Waals surface area contributed by atoms with Crippen molar-refractivity contribution in [3.8, 4) is 11.5 Å². The molecule has 3 heterocycles. The van der Waals surface area contributed by atoms with Crippen LogP contribution in [-0.4, -0.2) is 89.8 Å². The van der Waals surface area contributed by atoms with E-state index in [2.05, 4.69) is 108 Å². The van der Waals surface area contributed by atoms with Crippen molar-refractivity contribution in [3.05, 3.63) is 63.7 Å². The van der Waals surface area contributed by atoms with Gasteiger partial charge in [0.1, 0.15) is 18.0 Å². The normalized spacial score (nSPS) is 23.3. The van der Waals surface area contributed by atoms with Crippen molar-refractivity contribution in [2.75, 3.05) is 43.4 Å². The lowest BCUT2D eigenvalue weighted by atomic mass is 9.70. The number of esters is 1. The Morgan fingerprint density at radius 2 is 1.27 bits per heavy atom. The number of unbranched alkanes of at least 4 members (excludes halogenated alkanes) is 14. The number of hydrogen-bond acceptors (Lipinski definition) is 6. The number of fused-ring (bicyclic) bond motifs is 4. The van der Waals surface area contributed by atoms with E-state index >= 15 is 8.42 Å². The summed E-state index contributed by atoms with van der Waals surface area (Å²) in [5.74, 6) is -1.15. The third-order valence-electron chi connectivity index (χ3n) is 15.6. The topological polar surface area (TPSA) is 79.2 Å². The molecule has 6 unspecified atom stereocenters. The number of carbonyl (C=O) groups excluding carboxylic acids is 1. The zero-order valence-corrected chi connectivity index (χ0v) is 48.6. The van der Waals surface area contributed by atoms with E-state index in [1.54, 1.807) is 11.2 Å². The molecule has 0 amide bonds. The first kappa shape index (κ1) is 58.0. The van der Waals surface area contributed by atoms with Gasteiger partial charge in [0, 0.05) is 67.5 Å². The number of nitrogens with zero attached hydrogens (tertiary/aromatic N) is 3. The molecule has 4 aliphatic rings. The molecule has 396 valence electrons. The molecular formula is C58H86Cl4N3O5S+. The third kappa shape index (κ3) is 13.1. The van der Waals surface area contributed by atoms with E-state index in [0.29, 0.717) is 36.4 Å². The van der Waals surface area contributed by atoms with Gasteiger partial charge in [-0.15, -0.1) is 46.4 Å². The minimum atomic E-state index is -3.78. The number of rotatable bonds is 26. The van der Waals surface area contributed by atoms with Crippen molar-refractivity contribution in [1.82, 2.24) is 8.88 Å². The molecule has 0 saturated heterocycles. The predicted octanol–water partition coefficient (Wildman–Crippen LogP) is 13.9. The van der Waals surface area contributed by atoms with Crippen molar-refractivity contribution in [2.24, 2.45) is 11.8 Å². The fourth-order valence-corrected chi connectivity index (χ4v) is 15.3. The number of anilines is 1. The number of halogens is 4. The van der Waals surface area contributed by atoms with Gasteiger partial charge < -0.3 is 14.4 Å². The average molecular weight is 1080 g/mol. The number of carbonyl (C=O) groups is 1. The van der Waals surface area contributed by atoms with Crippen LogP contribution in [0.1, 0.15) is 189 Å². The molecule has 0 radical (unpaired) electrons. The molecule has 0 N–H and O–H groups in total. The lowest BCUT2D eigenvalue weighted by Gasteiger charge is -2.45. The molecule has 0 bridgehead atoms. The van der Waals surface area contributed by atoms with Crippen molar-refractivity contribution in [3.63, 3.8) is 0 Å². The van der Waals surface area contributed by atoms with Gasteiger partial charge in [0.05, 0.1) is 57.0 Å². The molecule has 3 aliphatic heterocycles. The van der Waals surface area contributed by atoms with Crippen molar-refractivity contribution < 1.29 is 22.7 Å². The van der Waals surface area contributed by atoms with Crippen LogP contribution in [0.5, 0.6) is 11.5 Å². The van der Waals surface area contributed by atoms with E-state index in [1.807, 2.05) is 0 Å². The summed E-state index contributed by atoms with van der Waals surface area (Å²) >= 11 is 28.9. The largest absolute Gasteiger partial charge is 0.466 e. The summed E-state index contributed by atoms with van der Waals surface area (Å²) in [6.45, 7) is 24.0. The number of ether oxygens (including phenoxy) is 2. The van der Waals surface area contributed by atoms with Gasteiger partial charge in [-0.3, -0.25) is 4.79 Å². The summed E-state index contributed by atoms with van der Waals surface area (Å²) in [4.78, 5) is 16.7. The first-order valence-corrected chi connectivity index (χ1v) is 30.7. The maximum Gasteiger partial charge on any atom is 0.311 e. The standard InChI is InChI=1S/C58H86Cl4N3O5S/c1-11-16-18-20-22-24-26-28-30-63(31-29-27-25-23-21-19-17-12-2)71(67,68)38-40-37-58(9,10)65(14-4)46-35-48-44(33-42(40)46)49(50-51(56(66)69-15-5)53(60)55(62)54(61)52(50)59)43-32-41-39(6)36-57(7,8)64(13-3)45(41)34-47(43)70-48/h32-37,50-55H,11-31,38H2,1-10H3/q+1. The van der Waals surface area contributed by atoms with Crippen LogP contribution < -0.4 is 24.8 Å². The van der Waals surface area contributed by atoms with Crippen LogP contribution in [0.3, 0.4) is 0 Å². The Bertz CT molecular complexity index is 2470. The molecule has 8 nitrogen and oxygen atoms in total. The van der Waals surface area contributed by atoms with E-state index in [9.17, 15) is 4.79 Å². The van der Waals surface area contributed by atoms with E-state index in [-0.39, 0.29) is 17.9 Å². The first-order chi connectivity index (χ1) is 33.8. The van der Waals surface area contributed by atoms with Gasteiger partial charge in [-0.05, 0) is 89.3 Å². The van der Waals surface area contributed by atoms with Gasteiger partial charge in [-0.2, -0.15) is 0 Å². The van der Waals surface area contributed by atoms with Crippen molar-refractivity contribution in [1.29, 1.82) is 0 Å². The van der Waals surface area contributed by atoms with Gasteiger partial charge in [0.25, 0.3) is 0 Å². The summed E-state index contributed by atoms with van der Waals surface area (Å²) in [5, 5.41) is -1.76. The van der Waals surface area contributed by atoms with E-state index in [4.69, 9.17) is 55.9 Å². The van der Waals surface area contributed by atoms with E-state index in [1.165, 1.54) is 64.2 Å². The highest BCUT2D eigenvalue weighted by Gasteiger charge is 2.54. The highest BCUT2D eigenvalue weighted by Crippen LogP contribution is 2.52. The minimum absolute atomic E-state index is 0.144. The van der Waals surface area contributed by atoms with Crippen LogP contribution in [0.15, 0.2) is 36.4 Å². The highest BCUT2D eigenvalue weighted by atomic mass is 35.5. The predicted molar refractivity (Wildman–Crippen MR) is 302 cm³/mol. The molecule has 1 saturated carbocycles. The first-order valence-electron chi connectivity index (χ1n) is 27.4. The molecule has 71 heavy (non-hydrogen) atoms. The quantitative estimate of drug-likeness (QED) is 0.0404. The van der Waals surface area contributed by atoms with E-state index < -0.39 is 54.9 Å². The van der Waals surface area contributed by atoms with Crippen molar-refractivity contribution >= 4 is 84.8 Å². The highest BCUT2D eigenvalue weighted by molar-refractivity contribution is 7.89. The monoisotopic (exact) mass is 1080 g/mol. The van der Waals surface area contributed by atoms with Gasteiger partial charge >= 0.3 is 5.97 Å². The Labute approximate surface area is 448 Å². The molecule has 1 aliphatic carbocycles. The molecule has 2 aromatic rings. The smallest absolute Gasteiger partial charge is 0.311 e. The van der Waals surface area contributed by atoms with Crippen LogP contribution in [0, 0.1) is 11.8 Å². The van der Waals surface area contributed by atoms with Gasteiger partial charge in [0.15, 0.2) is 5.54 Å². The SMILES string of the molecule is CCCCCCCCCCN(CCCCCCCCCC)S(=O)(=O)CC1=CC(C)(C)[N+](CC)=c2cc3c(cc21)=C(C1C(Cl)C(Cl)C(Cl)C(Cl)C1C(=O)OCC)c1cc2c(cc1O3)N(CC)C(C)(C)C=C2C. The molecular weight excluding hydrogens is 993 g/mol. The summed E-state index contributed by atoms with van der Waals surface area (Å²) in [7, 11) is -3.78. The second kappa shape index (κ2) is 25.5. The number of sulfonamides is 1. The van der Waals surface area contributed by atoms with Crippen LogP contribution in [0.25, 0.3) is 16.7 Å². The van der Waals surface area contributed by atoms with Crippen molar-refractivity contribution in [2.45, 2.75) is 205 Å². The van der Waals surface area contributed by atoms with Gasteiger partial charge in [-0.1, -0.05) is 110 Å². The number of alkyl halides is 4. The molecule has 6 atom stereocenters. The number of likely N-dealkylation sites (N-methyl/N-ethyl adjacent to an activating group) is 2. The Hall–Kier alpha value is -2.27. The maximum atomic E-state index is 15.1. The summed E-state index contributed by atoms with van der Waals surface area (Å²) in [6, 6.07) is 8.43. The Kier molecular flexibility index (Phi) is 20.8. The fraction of sp³-hybridized carbons (Fsp3) is 0.690. The lowest BCUT2D eigenvalue weighted by Crippen LogP contribution is -2.54. The second-order valence-corrected chi connectivity index (χ2v) is 25.7. The third-order valence-corrected chi connectivity index (χ3v) is 20.0. The Morgan fingerprint density at radius 1 is 0.704 bits per heavy atom. The summed E-state index contributed by atoms with van der Waals surface area (Å²) in [5.41, 5.74) is 5.50. The maximum absolute atomic E-state index is 15.1. The zero-order chi connectivity index (χ0) is 51.8. The molecule has 2 aromatic carbocycles. The number of hydrogen-bond donors (Lipinski definition) is 0. The lowest BCUT2D eigenvalue weighted by molar-refractivity contribution is -0.149. The molecule has 13 heteroatoms. The minimum Gasteiger partial charge on any atom is -0.466 e. The second-order valence-electron chi connectivity index (χ2n) is 21.7. The average Bonchev–Trinajstić information content (AvgIpc) is 3.31. The Balaban J connectivity index is 1.51. The molecule has 6 rings (SSSR count). The molecule has 0 aromatic heterocycles. The summed E-state index contributed by atoms with van der Waals surface area (Å²) < 4.78 is 47.2. The van der Waals surface area contributed by atoms with Crippen LogP contribution >= 0.6 is 46.4 Å². The van der Waals surface area contributed by atoms with Gasteiger partial charge in [-0.25, -0.2) is 17.3 Å². The summed E-state index contributed by atoms with van der Waals surface area (Å²) in [6.07, 6.45) is 22.8. The zero-order valence-electron chi connectivity index (χ0n) is 44.8. The van der Waals surface area contributed by atoms with Crippen LogP contribution in [0.4, 0.5) is 5.69 Å². The number of benzene rings is 2. The fourth-order valence-electron chi connectivity index (χ4n) is 12.1. The number of allylic oxidation sites excluding steroid dienone is 1.